The van der Waals surface area contributed by atoms with Crippen LogP contribution in [0.4, 0.5) is 5.69 Å². The molecule has 19 heavy (non-hydrogen) atoms. The van der Waals surface area contributed by atoms with Gasteiger partial charge >= 0.3 is 0 Å². The van der Waals surface area contributed by atoms with E-state index >= 15 is 0 Å². The second-order valence-electron chi connectivity index (χ2n) is 5.59. The predicted octanol–water partition coefficient (Wildman–Crippen LogP) is 1.81. The maximum atomic E-state index is 12.0. The van der Waals surface area contributed by atoms with Gasteiger partial charge in [-0.3, -0.25) is 4.72 Å². The fourth-order valence-electron chi connectivity index (χ4n) is 1.61. The SMILES string of the molecule is CC(C)(C)CS(=O)(=O)Nc1cccc(OCCN)c1. The van der Waals surface area contributed by atoms with Gasteiger partial charge in [0.25, 0.3) is 0 Å². The van der Waals surface area contributed by atoms with Gasteiger partial charge in [-0.1, -0.05) is 26.8 Å². The first-order chi connectivity index (χ1) is 8.72. The highest BCUT2D eigenvalue weighted by Crippen LogP contribution is 2.21. The van der Waals surface area contributed by atoms with Crippen molar-refractivity contribution in [2.75, 3.05) is 23.6 Å². The summed E-state index contributed by atoms with van der Waals surface area (Å²) in [5, 5.41) is 0. The van der Waals surface area contributed by atoms with E-state index in [1.165, 1.54) is 0 Å². The minimum absolute atomic E-state index is 0.0634. The van der Waals surface area contributed by atoms with E-state index in [2.05, 4.69) is 4.72 Å². The minimum Gasteiger partial charge on any atom is -0.492 e. The summed E-state index contributed by atoms with van der Waals surface area (Å²) in [7, 11) is -3.36. The molecule has 3 N–H and O–H groups in total. The van der Waals surface area contributed by atoms with Crippen molar-refractivity contribution >= 4 is 15.7 Å². The van der Waals surface area contributed by atoms with Crippen LogP contribution in [0.5, 0.6) is 5.75 Å². The maximum absolute atomic E-state index is 12.0. The fraction of sp³-hybridized carbons (Fsp3) is 0.538. The standard InChI is InChI=1S/C13H22N2O3S/c1-13(2,3)10-19(16,17)15-11-5-4-6-12(9-11)18-8-7-14/h4-6,9,15H,7-8,10,14H2,1-3H3. The monoisotopic (exact) mass is 286 g/mol. The van der Waals surface area contributed by atoms with Crippen molar-refractivity contribution in [1.82, 2.24) is 0 Å². The quantitative estimate of drug-likeness (QED) is 0.835. The molecule has 0 radical (unpaired) electrons. The third-order valence-electron chi connectivity index (χ3n) is 2.12. The number of rotatable bonds is 6. The lowest BCUT2D eigenvalue weighted by molar-refractivity contribution is 0.328. The molecule has 0 aromatic heterocycles. The van der Waals surface area contributed by atoms with Crippen molar-refractivity contribution in [2.24, 2.45) is 11.1 Å². The Kier molecular flexibility index (Phi) is 5.20. The second-order valence-corrected chi connectivity index (χ2v) is 7.31. The molecule has 0 saturated carbocycles. The van der Waals surface area contributed by atoms with Gasteiger partial charge in [-0.15, -0.1) is 0 Å². The second kappa shape index (κ2) is 6.25. The predicted molar refractivity (Wildman–Crippen MR) is 77.9 cm³/mol. The molecular weight excluding hydrogens is 264 g/mol. The van der Waals surface area contributed by atoms with Gasteiger partial charge in [-0.05, 0) is 17.5 Å². The van der Waals surface area contributed by atoms with Crippen molar-refractivity contribution in [1.29, 1.82) is 0 Å². The lowest BCUT2D eigenvalue weighted by atomic mass is 10.0. The Morgan fingerprint density at radius 2 is 2.00 bits per heavy atom. The molecule has 0 bridgehead atoms. The van der Waals surface area contributed by atoms with Crippen molar-refractivity contribution < 1.29 is 13.2 Å². The number of anilines is 1. The van der Waals surface area contributed by atoms with E-state index in [0.717, 1.165) is 0 Å². The first-order valence-corrected chi connectivity index (χ1v) is 7.80. The molecule has 1 aromatic carbocycles. The third-order valence-corrected chi connectivity index (χ3v) is 3.91. The Balaban J connectivity index is 2.76. The van der Waals surface area contributed by atoms with Crippen molar-refractivity contribution in [3.63, 3.8) is 0 Å². The van der Waals surface area contributed by atoms with Gasteiger partial charge in [0.2, 0.25) is 10.0 Å². The minimum atomic E-state index is -3.36. The summed E-state index contributed by atoms with van der Waals surface area (Å²) in [6.07, 6.45) is 0. The molecule has 5 nitrogen and oxygen atoms in total. The van der Waals surface area contributed by atoms with E-state index in [4.69, 9.17) is 10.5 Å². The normalized spacial score (nSPS) is 12.2. The summed E-state index contributed by atoms with van der Waals surface area (Å²) in [6, 6.07) is 6.84. The summed E-state index contributed by atoms with van der Waals surface area (Å²) in [5.41, 5.74) is 5.56. The largest absolute Gasteiger partial charge is 0.492 e. The van der Waals surface area contributed by atoms with E-state index < -0.39 is 10.0 Å². The van der Waals surface area contributed by atoms with Crippen LogP contribution in [0.25, 0.3) is 0 Å². The van der Waals surface area contributed by atoms with Gasteiger partial charge in [0.1, 0.15) is 12.4 Å². The molecule has 6 heteroatoms. The van der Waals surface area contributed by atoms with E-state index in [-0.39, 0.29) is 11.2 Å². The molecule has 0 fully saturated rings. The van der Waals surface area contributed by atoms with Crippen molar-refractivity contribution in [2.45, 2.75) is 20.8 Å². The molecule has 0 heterocycles. The lowest BCUT2D eigenvalue weighted by Gasteiger charge is -2.19. The molecular formula is C13H22N2O3S. The highest BCUT2D eigenvalue weighted by Gasteiger charge is 2.21. The smallest absolute Gasteiger partial charge is 0.233 e. The Morgan fingerprint density at radius 1 is 1.32 bits per heavy atom. The molecule has 0 aliphatic rings. The first kappa shape index (κ1) is 15.8. The van der Waals surface area contributed by atoms with Gasteiger partial charge in [0.15, 0.2) is 0 Å². The summed E-state index contributed by atoms with van der Waals surface area (Å²) in [5.74, 6) is 0.662. The van der Waals surface area contributed by atoms with Crippen LogP contribution >= 0.6 is 0 Å². The van der Waals surface area contributed by atoms with Gasteiger partial charge < -0.3 is 10.5 Å². The molecule has 0 aliphatic carbocycles. The third kappa shape index (κ3) is 6.45. The molecule has 0 spiro atoms. The average molecular weight is 286 g/mol. The molecule has 0 amide bonds. The van der Waals surface area contributed by atoms with Crippen molar-refractivity contribution in [3.8, 4) is 5.75 Å². The van der Waals surface area contributed by atoms with Crippen LogP contribution in [0.3, 0.4) is 0 Å². The van der Waals surface area contributed by atoms with Gasteiger partial charge in [-0.2, -0.15) is 0 Å². The molecule has 0 saturated heterocycles. The number of hydrogen-bond donors (Lipinski definition) is 2. The topological polar surface area (TPSA) is 81.4 Å². The van der Waals surface area contributed by atoms with E-state index in [9.17, 15) is 8.42 Å². The van der Waals surface area contributed by atoms with Gasteiger partial charge in [0, 0.05) is 12.6 Å². The summed E-state index contributed by atoms with van der Waals surface area (Å²) in [4.78, 5) is 0. The fourth-order valence-corrected chi connectivity index (χ4v) is 3.31. The van der Waals surface area contributed by atoms with E-state index in [1.807, 2.05) is 20.8 Å². The zero-order valence-corrected chi connectivity index (χ0v) is 12.5. The van der Waals surface area contributed by atoms with Crippen molar-refractivity contribution in [3.05, 3.63) is 24.3 Å². The molecule has 0 aliphatic heterocycles. The zero-order valence-electron chi connectivity index (χ0n) is 11.6. The Hall–Kier alpha value is -1.27. The Bertz CT molecular complexity index is 507. The molecule has 1 rings (SSSR count). The Labute approximate surface area is 115 Å². The van der Waals surface area contributed by atoms with Crippen LogP contribution in [0.2, 0.25) is 0 Å². The number of nitrogens with two attached hydrogens (primary N) is 1. The number of ether oxygens (including phenoxy) is 1. The number of benzene rings is 1. The molecule has 0 unspecified atom stereocenters. The van der Waals surface area contributed by atoms with E-state index in [1.54, 1.807) is 24.3 Å². The van der Waals surface area contributed by atoms with Crippen LogP contribution in [0, 0.1) is 5.41 Å². The highest BCUT2D eigenvalue weighted by atomic mass is 32.2. The summed E-state index contributed by atoms with van der Waals surface area (Å²) in [6.45, 7) is 6.46. The molecule has 108 valence electrons. The van der Waals surface area contributed by atoms with Gasteiger partial charge in [-0.25, -0.2) is 8.42 Å². The Morgan fingerprint density at radius 3 is 2.58 bits per heavy atom. The van der Waals surface area contributed by atoms with Crippen LogP contribution in [0.1, 0.15) is 20.8 Å². The highest BCUT2D eigenvalue weighted by molar-refractivity contribution is 7.92. The van der Waals surface area contributed by atoms with Crippen LogP contribution in [-0.2, 0) is 10.0 Å². The number of nitrogens with one attached hydrogen (secondary N) is 1. The van der Waals surface area contributed by atoms with Crippen LogP contribution in [0.15, 0.2) is 24.3 Å². The molecule has 0 atom stereocenters. The van der Waals surface area contributed by atoms with Crippen LogP contribution in [-0.4, -0.2) is 27.3 Å². The first-order valence-electron chi connectivity index (χ1n) is 6.15. The summed E-state index contributed by atoms with van der Waals surface area (Å²) >= 11 is 0. The lowest BCUT2D eigenvalue weighted by Crippen LogP contribution is -2.26. The van der Waals surface area contributed by atoms with Gasteiger partial charge in [0.05, 0.1) is 11.4 Å². The maximum Gasteiger partial charge on any atom is 0.233 e. The average Bonchev–Trinajstić information content (AvgIpc) is 2.22. The zero-order chi connectivity index (χ0) is 14.5. The van der Waals surface area contributed by atoms with E-state index in [0.29, 0.717) is 24.6 Å². The number of sulfonamides is 1. The summed E-state index contributed by atoms with van der Waals surface area (Å²) < 4.78 is 31.8. The molecule has 1 aromatic rings. The number of hydrogen-bond acceptors (Lipinski definition) is 4. The van der Waals surface area contributed by atoms with Crippen LogP contribution < -0.4 is 15.2 Å².